The quantitative estimate of drug-likeness (QED) is 0.682. The van der Waals surface area contributed by atoms with Crippen LogP contribution in [0.5, 0.6) is 0 Å². The molecule has 0 heterocycles. The largest absolute Gasteiger partial charge is 0.0625 e. The highest BCUT2D eigenvalue weighted by molar-refractivity contribution is 7.73. The lowest BCUT2D eigenvalue weighted by Crippen LogP contribution is -2.29. The molecule has 1 fully saturated rings. The molecule has 0 aromatic heterocycles. The summed E-state index contributed by atoms with van der Waals surface area (Å²) in [6, 6.07) is 22.5. The van der Waals surface area contributed by atoms with Gasteiger partial charge in [-0.05, 0) is 54.8 Å². The van der Waals surface area contributed by atoms with Crippen LogP contribution in [0, 0.1) is 17.8 Å². The molecule has 0 nitrogen and oxygen atoms in total. The van der Waals surface area contributed by atoms with E-state index in [2.05, 4.69) is 81.4 Å². The number of benzene rings is 2. The van der Waals surface area contributed by atoms with Crippen molar-refractivity contribution < 1.29 is 0 Å². The van der Waals surface area contributed by atoms with Gasteiger partial charge in [-0.15, -0.1) is 0 Å². The topological polar surface area (TPSA) is 0 Å². The summed E-state index contributed by atoms with van der Waals surface area (Å²) < 4.78 is 0. The maximum atomic E-state index is 2.47. The van der Waals surface area contributed by atoms with Crippen molar-refractivity contribution in [2.75, 3.05) is 0 Å². The Morgan fingerprint density at radius 3 is 1.77 bits per heavy atom. The van der Waals surface area contributed by atoms with Crippen molar-refractivity contribution >= 4 is 18.5 Å². The van der Waals surface area contributed by atoms with E-state index >= 15 is 0 Å². The molecule has 2 aromatic rings. The van der Waals surface area contributed by atoms with Gasteiger partial charge in [0.1, 0.15) is 0 Å². The summed E-state index contributed by atoms with van der Waals surface area (Å²) in [5, 5.41) is 3.10. The van der Waals surface area contributed by atoms with E-state index in [9.17, 15) is 0 Å². The summed E-state index contributed by atoms with van der Waals surface area (Å²) in [7, 11) is -0.250. The van der Waals surface area contributed by atoms with E-state index in [1.807, 2.05) is 0 Å². The van der Waals surface area contributed by atoms with Crippen molar-refractivity contribution in [1.82, 2.24) is 0 Å². The molecule has 1 aliphatic rings. The Hall–Kier alpha value is -1.13. The van der Waals surface area contributed by atoms with Gasteiger partial charge in [-0.3, -0.25) is 0 Å². The Kier molecular flexibility index (Phi) is 4.99. The van der Waals surface area contributed by atoms with Crippen LogP contribution in [0.1, 0.15) is 33.6 Å². The smallest absolute Gasteiger partial charge is 0.00954 e. The molecular weight excluding hydrogens is 283 g/mol. The molecule has 1 saturated carbocycles. The van der Waals surface area contributed by atoms with Gasteiger partial charge in [0.25, 0.3) is 0 Å². The third-order valence-electron chi connectivity index (χ3n) is 5.19. The van der Waals surface area contributed by atoms with Crippen LogP contribution < -0.4 is 10.6 Å². The first-order chi connectivity index (χ1) is 10.7. The van der Waals surface area contributed by atoms with Crippen LogP contribution >= 0.6 is 7.92 Å². The second kappa shape index (κ2) is 6.97. The van der Waals surface area contributed by atoms with Gasteiger partial charge in [0.15, 0.2) is 0 Å². The molecule has 1 aliphatic carbocycles. The number of hydrogen-bond donors (Lipinski definition) is 0. The third-order valence-corrected chi connectivity index (χ3v) is 8.16. The molecule has 22 heavy (non-hydrogen) atoms. The molecule has 0 saturated heterocycles. The molecule has 0 aliphatic heterocycles. The van der Waals surface area contributed by atoms with Crippen molar-refractivity contribution in [3.8, 4) is 0 Å². The van der Waals surface area contributed by atoms with E-state index in [0.29, 0.717) is 0 Å². The predicted octanol–water partition coefficient (Wildman–Crippen LogP) is 5.19. The van der Waals surface area contributed by atoms with Crippen molar-refractivity contribution in [3.63, 3.8) is 0 Å². The minimum absolute atomic E-state index is 0.250. The first kappa shape index (κ1) is 15.8. The van der Waals surface area contributed by atoms with Gasteiger partial charge >= 0.3 is 0 Å². The SMILES string of the molecule is CC(C)C1C(C)CCC1P(c1ccccc1)c1ccccc1. The molecule has 3 rings (SSSR count). The van der Waals surface area contributed by atoms with Gasteiger partial charge in [0, 0.05) is 0 Å². The molecule has 0 N–H and O–H groups in total. The monoisotopic (exact) mass is 310 g/mol. The second-order valence-corrected chi connectivity index (χ2v) is 9.42. The molecule has 2 aromatic carbocycles. The van der Waals surface area contributed by atoms with Gasteiger partial charge in [-0.1, -0.05) is 81.4 Å². The Bertz CT molecular complexity index is 536. The zero-order valence-corrected chi connectivity index (χ0v) is 14.8. The fraction of sp³-hybridized carbons (Fsp3) is 0.429. The lowest BCUT2D eigenvalue weighted by atomic mass is 9.87. The lowest BCUT2D eigenvalue weighted by Gasteiger charge is -2.34. The van der Waals surface area contributed by atoms with Crippen molar-refractivity contribution in [2.45, 2.75) is 39.3 Å². The van der Waals surface area contributed by atoms with Gasteiger partial charge in [0.05, 0.1) is 0 Å². The van der Waals surface area contributed by atoms with E-state index in [1.165, 1.54) is 12.8 Å². The molecule has 3 unspecified atom stereocenters. The van der Waals surface area contributed by atoms with Gasteiger partial charge < -0.3 is 0 Å². The first-order valence-electron chi connectivity index (χ1n) is 8.58. The minimum Gasteiger partial charge on any atom is -0.0625 e. The van der Waals surface area contributed by atoms with E-state index in [-0.39, 0.29) is 7.92 Å². The normalized spacial score (nSPS) is 25.0. The van der Waals surface area contributed by atoms with Crippen molar-refractivity contribution in [3.05, 3.63) is 60.7 Å². The van der Waals surface area contributed by atoms with Crippen LogP contribution in [-0.4, -0.2) is 5.66 Å². The van der Waals surface area contributed by atoms with Crippen LogP contribution in [0.3, 0.4) is 0 Å². The second-order valence-electron chi connectivity index (χ2n) is 6.98. The Labute approximate surface area is 136 Å². The maximum absolute atomic E-state index is 2.47. The zero-order chi connectivity index (χ0) is 15.5. The van der Waals surface area contributed by atoms with Crippen molar-refractivity contribution in [2.24, 2.45) is 17.8 Å². The fourth-order valence-corrected chi connectivity index (χ4v) is 7.75. The zero-order valence-electron chi connectivity index (χ0n) is 13.9. The number of hydrogen-bond acceptors (Lipinski definition) is 0. The molecule has 1 heteroatoms. The highest BCUT2D eigenvalue weighted by Crippen LogP contribution is 2.53. The van der Waals surface area contributed by atoms with Gasteiger partial charge in [-0.25, -0.2) is 0 Å². The average molecular weight is 310 g/mol. The highest BCUT2D eigenvalue weighted by Gasteiger charge is 2.40. The first-order valence-corrected chi connectivity index (χ1v) is 9.99. The van der Waals surface area contributed by atoms with Crippen molar-refractivity contribution in [1.29, 1.82) is 0 Å². The summed E-state index contributed by atoms with van der Waals surface area (Å²) in [6.45, 7) is 7.31. The summed E-state index contributed by atoms with van der Waals surface area (Å²) >= 11 is 0. The van der Waals surface area contributed by atoms with Gasteiger partial charge in [0.2, 0.25) is 0 Å². The van der Waals surface area contributed by atoms with Crippen LogP contribution in [-0.2, 0) is 0 Å². The summed E-state index contributed by atoms with van der Waals surface area (Å²) in [6.07, 6.45) is 2.78. The van der Waals surface area contributed by atoms with Crippen LogP contribution in [0.4, 0.5) is 0 Å². The van der Waals surface area contributed by atoms with Crippen LogP contribution in [0.25, 0.3) is 0 Å². The van der Waals surface area contributed by atoms with E-state index in [0.717, 1.165) is 23.4 Å². The molecule has 3 atom stereocenters. The Balaban J connectivity index is 2.03. The summed E-state index contributed by atoms with van der Waals surface area (Å²) in [4.78, 5) is 0. The van der Waals surface area contributed by atoms with E-state index in [4.69, 9.17) is 0 Å². The molecule has 0 bridgehead atoms. The standard InChI is InChI=1S/C21H27P/c1-16(2)21-17(3)14-15-20(21)22(18-10-6-4-7-11-18)19-12-8-5-9-13-19/h4-13,16-17,20-21H,14-15H2,1-3H3. The van der Waals surface area contributed by atoms with Crippen LogP contribution in [0.15, 0.2) is 60.7 Å². The molecular formula is C21H27P. The van der Waals surface area contributed by atoms with E-state index in [1.54, 1.807) is 10.6 Å². The predicted molar refractivity (Wildman–Crippen MR) is 99.6 cm³/mol. The summed E-state index contributed by atoms with van der Waals surface area (Å²) in [5.41, 5.74) is 0.829. The Morgan fingerprint density at radius 2 is 1.32 bits per heavy atom. The fourth-order valence-electron chi connectivity index (χ4n) is 4.31. The number of rotatable bonds is 4. The van der Waals surface area contributed by atoms with Crippen LogP contribution in [0.2, 0.25) is 0 Å². The third kappa shape index (κ3) is 3.13. The maximum Gasteiger partial charge on any atom is -0.00954 e. The molecule has 0 amide bonds. The summed E-state index contributed by atoms with van der Waals surface area (Å²) in [5.74, 6) is 2.49. The lowest BCUT2D eigenvalue weighted by molar-refractivity contribution is 0.319. The Morgan fingerprint density at radius 1 is 0.818 bits per heavy atom. The minimum atomic E-state index is -0.250. The molecule has 0 spiro atoms. The average Bonchev–Trinajstić information content (AvgIpc) is 2.91. The molecule has 116 valence electrons. The van der Waals surface area contributed by atoms with E-state index < -0.39 is 0 Å². The molecule has 0 radical (unpaired) electrons. The van der Waals surface area contributed by atoms with Gasteiger partial charge in [-0.2, -0.15) is 0 Å². The highest BCUT2D eigenvalue weighted by atomic mass is 31.1.